The van der Waals surface area contributed by atoms with Gasteiger partial charge < -0.3 is 0 Å². The maximum Gasteiger partial charge on any atom is 0.260 e. The van der Waals surface area contributed by atoms with Gasteiger partial charge in [0, 0.05) is 34.8 Å². The highest BCUT2D eigenvalue weighted by Crippen LogP contribution is 2.33. The van der Waals surface area contributed by atoms with Gasteiger partial charge in [-0.05, 0) is 40.3 Å². The fourth-order valence-corrected chi connectivity index (χ4v) is 4.52. The Bertz CT molecular complexity index is 1820. The first-order chi connectivity index (χ1) is 19.4. The van der Waals surface area contributed by atoms with Gasteiger partial charge in [0.2, 0.25) is 12.1 Å². The average molecular weight is 566 g/mol. The van der Waals surface area contributed by atoms with Gasteiger partial charge in [-0.3, -0.25) is 14.6 Å². The van der Waals surface area contributed by atoms with E-state index in [1.165, 1.54) is 57.3 Å². The van der Waals surface area contributed by atoms with Crippen molar-refractivity contribution in [2.45, 2.75) is 12.6 Å². The van der Waals surface area contributed by atoms with E-state index < -0.39 is 23.6 Å². The third kappa shape index (κ3) is 4.75. The van der Waals surface area contributed by atoms with Gasteiger partial charge >= 0.3 is 0 Å². The summed E-state index contributed by atoms with van der Waals surface area (Å²) in [6, 6.07) is 8.26. The maximum absolute atomic E-state index is 15.3. The van der Waals surface area contributed by atoms with Crippen LogP contribution in [-0.4, -0.2) is 50.0 Å². The normalized spacial score (nSPS) is 12.1. The standard InChI is InChI=1S/C25H17ClF3N10O/c26-19-2-4-21(38-14-31-34-35-38)24(25(19)29)16-1-3-20(39(40)11-16)22(13-36-12-18(27)9-32-36)37-10-17(8-33-37)15-5-6-30-23(28)7-15/h1-12,14,22,40H,13H2/q+1. The molecule has 1 N–H and O–H groups in total. The van der Waals surface area contributed by atoms with Crippen LogP contribution in [0.3, 0.4) is 0 Å². The minimum atomic E-state index is -0.729. The molecule has 1 unspecified atom stereocenters. The minimum Gasteiger partial charge on any atom is -0.285 e. The minimum absolute atomic E-state index is 0.0564. The van der Waals surface area contributed by atoms with E-state index in [9.17, 15) is 14.0 Å². The first kappa shape index (κ1) is 25.2. The summed E-state index contributed by atoms with van der Waals surface area (Å²) in [5, 5.41) is 30.4. The van der Waals surface area contributed by atoms with E-state index in [1.54, 1.807) is 30.5 Å². The lowest BCUT2D eigenvalue weighted by molar-refractivity contribution is -0.910. The molecule has 11 nitrogen and oxygen atoms in total. The second-order valence-corrected chi connectivity index (χ2v) is 9.08. The zero-order valence-electron chi connectivity index (χ0n) is 20.2. The average Bonchev–Trinajstić information content (AvgIpc) is 3.72. The Morgan fingerprint density at radius 1 is 0.975 bits per heavy atom. The summed E-state index contributed by atoms with van der Waals surface area (Å²) >= 11 is 6.07. The lowest BCUT2D eigenvalue weighted by Crippen LogP contribution is -2.39. The van der Waals surface area contributed by atoms with Gasteiger partial charge in [0.25, 0.3) is 5.69 Å². The molecule has 15 heteroatoms. The van der Waals surface area contributed by atoms with E-state index in [2.05, 4.69) is 30.7 Å². The van der Waals surface area contributed by atoms with E-state index in [0.29, 0.717) is 22.5 Å². The van der Waals surface area contributed by atoms with Gasteiger partial charge in [0.15, 0.2) is 17.7 Å². The van der Waals surface area contributed by atoms with Crippen LogP contribution in [0.4, 0.5) is 13.2 Å². The highest BCUT2D eigenvalue weighted by molar-refractivity contribution is 6.31. The highest BCUT2D eigenvalue weighted by atomic mass is 35.5. The fraction of sp³-hybridized carbons (Fsp3) is 0.0800. The van der Waals surface area contributed by atoms with E-state index >= 15 is 4.39 Å². The van der Waals surface area contributed by atoms with Crippen LogP contribution in [0.25, 0.3) is 27.9 Å². The van der Waals surface area contributed by atoms with Crippen molar-refractivity contribution in [1.82, 2.24) is 44.8 Å². The lowest BCUT2D eigenvalue weighted by Gasteiger charge is -2.15. The van der Waals surface area contributed by atoms with Crippen LogP contribution < -0.4 is 4.73 Å². The first-order valence-corrected chi connectivity index (χ1v) is 12.1. The zero-order valence-corrected chi connectivity index (χ0v) is 21.0. The molecular formula is C25H17ClF3N10O+. The van der Waals surface area contributed by atoms with Crippen molar-refractivity contribution in [1.29, 1.82) is 0 Å². The number of hydrogen-bond acceptors (Lipinski definition) is 7. The van der Waals surface area contributed by atoms with Crippen LogP contribution in [0, 0.1) is 17.6 Å². The number of pyridine rings is 2. The second-order valence-electron chi connectivity index (χ2n) is 8.67. The summed E-state index contributed by atoms with van der Waals surface area (Å²) in [5.74, 6) is -1.91. The summed E-state index contributed by atoms with van der Waals surface area (Å²) in [5.41, 5.74) is 2.06. The molecule has 5 aromatic heterocycles. The van der Waals surface area contributed by atoms with Crippen molar-refractivity contribution in [3.63, 3.8) is 0 Å². The Hall–Kier alpha value is -5.11. The smallest absolute Gasteiger partial charge is 0.260 e. The van der Waals surface area contributed by atoms with Crippen LogP contribution in [-0.2, 0) is 6.54 Å². The number of nitrogens with zero attached hydrogens (tertiary/aromatic N) is 10. The summed E-state index contributed by atoms with van der Waals surface area (Å²) in [6.45, 7) is 0.0665. The molecule has 0 aliphatic heterocycles. The summed E-state index contributed by atoms with van der Waals surface area (Å²) < 4.78 is 47.7. The number of benzene rings is 1. The number of hydrogen-bond donors (Lipinski definition) is 1. The molecule has 0 saturated carbocycles. The molecule has 40 heavy (non-hydrogen) atoms. The first-order valence-electron chi connectivity index (χ1n) is 11.7. The van der Waals surface area contributed by atoms with Gasteiger partial charge in [-0.2, -0.15) is 19.3 Å². The molecule has 0 bridgehead atoms. The molecule has 0 radical (unpaired) electrons. The lowest BCUT2D eigenvalue weighted by atomic mass is 10.0. The number of rotatable bonds is 7. The maximum atomic E-state index is 15.3. The molecule has 0 aliphatic rings. The van der Waals surface area contributed by atoms with Crippen molar-refractivity contribution >= 4 is 11.6 Å². The second kappa shape index (κ2) is 10.2. The predicted octanol–water partition coefficient (Wildman–Crippen LogP) is 3.67. The van der Waals surface area contributed by atoms with Crippen LogP contribution in [0.1, 0.15) is 11.7 Å². The van der Waals surface area contributed by atoms with Gasteiger partial charge in [-0.1, -0.05) is 11.6 Å². The molecule has 0 aliphatic carbocycles. The van der Waals surface area contributed by atoms with Crippen LogP contribution in [0.2, 0.25) is 5.02 Å². The molecular weight excluding hydrogens is 549 g/mol. The quantitative estimate of drug-likeness (QED) is 0.178. The van der Waals surface area contributed by atoms with Gasteiger partial charge in [-0.25, -0.2) is 13.8 Å². The van der Waals surface area contributed by atoms with Crippen molar-refractivity contribution in [3.8, 4) is 27.9 Å². The molecule has 200 valence electrons. The monoisotopic (exact) mass is 565 g/mol. The van der Waals surface area contributed by atoms with E-state index in [-0.39, 0.29) is 22.7 Å². The zero-order chi connectivity index (χ0) is 27.8. The third-order valence-corrected chi connectivity index (χ3v) is 6.49. The summed E-state index contributed by atoms with van der Waals surface area (Å²) in [7, 11) is 0. The number of halogens is 4. The van der Waals surface area contributed by atoms with Crippen molar-refractivity contribution < 1.29 is 23.1 Å². The Morgan fingerprint density at radius 2 is 1.85 bits per heavy atom. The number of tetrazole rings is 1. The van der Waals surface area contributed by atoms with Crippen LogP contribution in [0.5, 0.6) is 0 Å². The topological polar surface area (TPSA) is 116 Å². The van der Waals surface area contributed by atoms with Crippen molar-refractivity contribution in [3.05, 3.63) is 108 Å². The van der Waals surface area contributed by atoms with Gasteiger partial charge in [0.1, 0.15) is 6.33 Å². The molecule has 6 rings (SSSR count). The van der Waals surface area contributed by atoms with Crippen molar-refractivity contribution in [2.75, 3.05) is 0 Å². The van der Waals surface area contributed by atoms with Gasteiger partial charge in [-0.15, -0.1) is 5.10 Å². The summed E-state index contributed by atoms with van der Waals surface area (Å²) in [6.07, 6.45) is 9.38. The molecule has 0 saturated heterocycles. The number of aromatic nitrogens is 10. The molecule has 0 fully saturated rings. The molecule has 6 aromatic rings. The van der Waals surface area contributed by atoms with Crippen LogP contribution in [0.15, 0.2) is 79.9 Å². The molecule has 5 heterocycles. The van der Waals surface area contributed by atoms with E-state index in [1.807, 2.05) is 0 Å². The SMILES string of the molecule is O[n+]1cc(-c2c(-n3cnnn3)ccc(Cl)c2F)ccc1C(Cn1cc(F)cn1)n1cc(-c2ccnc(F)c2)cn1. The largest absolute Gasteiger partial charge is 0.285 e. The molecule has 1 aromatic carbocycles. The molecule has 0 amide bonds. The molecule has 1 atom stereocenters. The van der Waals surface area contributed by atoms with Crippen molar-refractivity contribution in [2.24, 2.45) is 0 Å². The third-order valence-electron chi connectivity index (χ3n) is 6.20. The summed E-state index contributed by atoms with van der Waals surface area (Å²) in [4.78, 5) is 3.57. The highest BCUT2D eigenvalue weighted by Gasteiger charge is 2.29. The Morgan fingerprint density at radius 3 is 2.58 bits per heavy atom. The van der Waals surface area contributed by atoms with E-state index in [4.69, 9.17) is 11.6 Å². The Labute approximate surface area is 228 Å². The fourth-order valence-electron chi connectivity index (χ4n) is 4.36. The van der Waals surface area contributed by atoms with Crippen LogP contribution >= 0.6 is 11.6 Å². The molecule has 0 spiro atoms. The van der Waals surface area contributed by atoms with Gasteiger partial charge in [0.05, 0.1) is 47.0 Å². The Balaban J connectivity index is 1.43. The predicted molar refractivity (Wildman–Crippen MR) is 133 cm³/mol. The Kier molecular flexibility index (Phi) is 6.43. The van der Waals surface area contributed by atoms with E-state index in [0.717, 1.165) is 10.9 Å².